The number of carboxylic acid groups (broad SMARTS) is 1. The molecule has 1 atom stereocenters. The van der Waals surface area contributed by atoms with Crippen molar-refractivity contribution >= 4 is 5.97 Å². The van der Waals surface area contributed by atoms with Crippen LogP contribution in [0.5, 0.6) is 0 Å². The highest BCUT2D eigenvalue weighted by molar-refractivity contribution is 5.69. The van der Waals surface area contributed by atoms with Gasteiger partial charge in [0.1, 0.15) is 0 Å². The van der Waals surface area contributed by atoms with Crippen LogP contribution in [-0.2, 0) is 10.3 Å². The lowest BCUT2D eigenvalue weighted by molar-refractivity contribution is -0.140. The van der Waals surface area contributed by atoms with Crippen molar-refractivity contribution < 1.29 is 9.90 Å². The maximum atomic E-state index is 11.0. The molecule has 94 valence electrons. The van der Waals surface area contributed by atoms with E-state index in [-0.39, 0.29) is 6.42 Å². The molecule has 0 aliphatic rings. The minimum Gasteiger partial charge on any atom is -0.481 e. The second kappa shape index (κ2) is 4.88. The summed E-state index contributed by atoms with van der Waals surface area (Å²) in [4.78, 5) is 13.0. The number of benzene rings is 1. The zero-order valence-corrected chi connectivity index (χ0v) is 11.2. The maximum absolute atomic E-state index is 11.0. The zero-order valence-electron chi connectivity index (χ0n) is 11.2. The largest absolute Gasteiger partial charge is 0.481 e. The molecule has 3 nitrogen and oxygen atoms in total. The first kappa shape index (κ1) is 13.7. The average Bonchev–Trinajstić information content (AvgIpc) is 2.20. The quantitative estimate of drug-likeness (QED) is 0.872. The van der Waals surface area contributed by atoms with Gasteiger partial charge in [0.05, 0.1) is 12.0 Å². The molecule has 0 radical (unpaired) electrons. The number of carbonyl (C=O) groups is 1. The Morgan fingerprint density at radius 3 is 2.29 bits per heavy atom. The molecule has 17 heavy (non-hydrogen) atoms. The van der Waals surface area contributed by atoms with E-state index in [0.29, 0.717) is 0 Å². The second-order valence-corrected chi connectivity index (χ2v) is 5.04. The van der Waals surface area contributed by atoms with Gasteiger partial charge in [0.15, 0.2) is 0 Å². The third kappa shape index (κ3) is 2.86. The second-order valence-electron chi connectivity index (χ2n) is 5.04. The van der Waals surface area contributed by atoms with E-state index in [4.69, 9.17) is 5.11 Å². The number of nitrogens with zero attached hydrogens (tertiary/aromatic N) is 1. The first-order chi connectivity index (χ1) is 7.77. The van der Waals surface area contributed by atoms with Crippen molar-refractivity contribution in [2.75, 3.05) is 14.1 Å². The number of aryl methyl sites for hydroxylation is 2. The fourth-order valence-corrected chi connectivity index (χ4v) is 1.89. The van der Waals surface area contributed by atoms with Crippen molar-refractivity contribution in [3.05, 3.63) is 34.9 Å². The minimum absolute atomic E-state index is 0.0997. The van der Waals surface area contributed by atoms with E-state index in [0.717, 1.165) is 5.56 Å². The molecule has 0 amide bonds. The van der Waals surface area contributed by atoms with Gasteiger partial charge < -0.3 is 5.11 Å². The normalized spacial score (nSPS) is 14.7. The molecular weight excluding hydrogens is 214 g/mol. The van der Waals surface area contributed by atoms with E-state index in [2.05, 4.69) is 19.9 Å². The predicted molar refractivity (Wildman–Crippen MR) is 69.2 cm³/mol. The zero-order chi connectivity index (χ0) is 13.2. The summed E-state index contributed by atoms with van der Waals surface area (Å²) >= 11 is 0. The fraction of sp³-hybridized carbons (Fsp3) is 0.500. The van der Waals surface area contributed by atoms with Crippen LogP contribution in [0.15, 0.2) is 18.2 Å². The molecule has 3 heteroatoms. The Labute approximate surface area is 103 Å². The summed E-state index contributed by atoms with van der Waals surface area (Å²) in [7, 11) is 3.83. The summed E-state index contributed by atoms with van der Waals surface area (Å²) in [5, 5.41) is 9.06. The highest BCUT2D eigenvalue weighted by Gasteiger charge is 2.32. The van der Waals surface area contributed by atoms with Gasteiger partial charge in [-0.3, -0.25) is 9.69 Å². The van der Waals surface area contributed by atoms with Gasteiger partial charge in [-0.1, -0.05) is 18.2 Å². The summed E-state index contributed by atoms with van der Waals surface area (Å²) in [6.45, 7) is 6.07. The van der Waals surface area contributed by atoms with Gasteiger partial charge in [0, 0.05) is 0 Å². The van der Waals surface area contributed by atoms with E-state index in [9.17, 15) is 4.79 Å². The van der Waals surface area contributed by atoms with Crippen LogP contribution in [-0.4, -0.2) is 30.1 Å². The van der Waals surface area contributed by atoms with Crippen LogP contribution in [0.2, 0.25) is 0 Å². The van der Waals surface area contributed by atoms with Crippen LogP contribution in [0, 0.1) is 13.8 Å². The highest BCUT2D eigenvalue weighted by Crippen LogP contribution is 2.31. The monoisotopic (exact) mass is 235 g/mol. The van der Waals surface area contributed by atoms with Gasteiger partial charge in [0.25, 0.3) is 0 Å². The number of carboxylic acids is 1. The summed E-state index contributed by atoms with van der Waals surface area (Å²) in [6.07, 6.45) is 0.0997. The van der Waals surface area contributed by atoms with Gasteiger partial charge in [-0.15, -0.1) is 0 Å². The Balaban J connectivity index is 3.22. The van der Waals surface area contributed by atoms with Crippen molar-refractivity contribution in [3.63, 3.8) is 0 Å². The Bertz CT molecular complexity index is 426. The molecule has 0 heterocycles. The smallest absolute Gasteiger partial charge is 0.305 e. The number of aliphatic carboxylic acids is 1. The van der Waals surface area contributed by atoms with Gasteiger partial charge >= 0.3 is 5.97 Å². The summed E-state index contributed by atoms with van der Waals surface area (Å²) in [6, 6.07) is 6.15. The molecule has 1 aromatic rings. The third-order valence-corrected chi connectivity index (χ3v) is 3.61. The molecular formula is C14H21NO2. The molecule has 1 N–H and O–H groups in total. The van der Waals surface area contributed by atoms with E-state index >= 15 is 0 Å². The molecule has 0 saturated carbocycles. The van der Waals surface area contributed by atoms with Gasteiger partial charge in [-0.25, -0.2) is 0 Å². The molecule has 0 spiro atoms. The SMILES string of the molecule is Cc1ccc(C(C)(CC(=O)O)N(C)C)cc1C. The van der Waals surface area contributed by atoms with Crippen molar-refractivity contribution in [2.45, 2.75) is 32.7 Å². The minimum atomic E-state index is -0.778. The highest BCUT2D eigenvalue weighted by atomic mass is 16.4. The van der Waals surface area contributed by atoms with Crippen molar-refractivity contribution in [1.82, 2.24) is 4.90 Å². The Hall–Kier alpha value is -1.35. The van der Waals surface area contributed by atoms with Crippen LogP contribution in [0.1, 0.15) is 30.0 Å². The first-order valence-electron chi connectivity index (χ1n) is 5.74. The van der Waals surface area contributed by atoms with Gasteiger partial charge in [0.2, 0.25) is 0 Å². The Kier molecular flexibility index (Phi) is 3.94. The first-order valence-corrected chi connectivity index (χ1v) is 5.74. The number of rotatable bonds is 4. The molecule has 0 aromatic heterocycles. The topological polar surface area (TPSA) is 40.5 Å². The predicted octanol–water partition coefficient (Wildman–Crippen LogP) is 2.55. The van der Waals surface area contributed by atoms with E-state index in [1.165, 1.54) is 11.1 Å². The summed E-state index contributed by atoms with van der Waals surface area (Å²) in [5.74, 6) is -0.778. The van der Waals surface area contributed by atoms with Crippen LogP contribution in [0.25, 0.3) is 0 Å². The molecule has 0 bridgehead atoms. The standard InChI is InChI=1S/C14H21NO2/c1-10-6-7-12(8-11(10)2)14(3,15(4)5)9-13(16)17/h6-8H,9H2,1-5H3,(H,16,17). The molecule has 0 aliphatic heterocycles. The van der Waals surface area contributed by atoms with Crippen LogP contribution >= 0.6 is 0 Å². The molecule has 1 unspecified atom stereocenters. The number of hydrogen-bond acceptors (Lipinski definition) is 2. The van der Waals surface area contributed by atoms with E-state index < -0.39 is 11.5 Å². The molecule has 1 rings (SSSR count). The lowest BCUT2D eigenvalue weighted by Gasteiger charge is -2.36. The maximum Gasteiger partial charge on any atom is 0.305 e. The molecule has 1 aromatic carbocycles. The lowest BCUT2D eigenvalue weighted by Crippen LogP contribution is -2.40. The van der Waals surface area contributed by atoms with Crippen molar-refractivity contribution in [2.24, 2.45) is 0 Å². The summed E-state index contributed by atoms with van der Waals surface area (Å²) < 4.78 is 0. The number of hydrogen-bond donors (Lipinski definition) is 1. The van der Waals surface area contributed by atoms with Crippen LogP contribution in [0.3, 0.4) is 0 Å². The van der Waals surface area contributed by atoms with Gasteiger partial charge in [-0.2, -0.15) is 0 Å². The Morgan fingerprint density at radius 1 is 1.29 bits per heavy atom. The molecule has 0 aliphatic carbocycles. The van der Waals surface area contributed by atoms with Crippen molar-refractivity contribution in [3.8, 4) is 0 Å². The fourth-order valence-electron chi connectivity index (χ4n) is 1.89. The summed E-state index contributed by atoms with van der Waals surface area (Å²) in [5.41, 5.74) is 3.00. The lowest BCUT2D eigenvalue weighted by atomic mass is 9.86. The van der Waals surface area contributed by atoms with Gasteiger partial charge in [-0.05, 0) is 51.6 Å². The van der Waals surface area contributed by atoms with Crippen molar-refractivity contribution in [1.29, 1.82) is 0 Å². The van der Waals surface area contributed by atoms with Crippen LogP contribution in [0.4, 0.5) is 0 Å². The third-order valence-electron chi connectivity index (χ3n) is 3.61. The van der Waals surface area contributed by atoms with Crippen LogP contribution < -0.4 is 0 Å². The van der Waals surface area contributed by atoms with E-state index in [1.54, 1.807) is 0 Å². The molecule has 0 saturated heterocycles. The average molecular weight is 235 g/mol. The Morgan fingerprint density at radius 2 is 1.88 bits per heavy atom. The molecule has 0 fully saturated rings. The van der Waals surface area contributed by atoms with E-state index in [1.807, 2.05) is 38.1 Å².